The minimum Gasteiger partial charge on any atom is -0.361 e. The van der Waals surface area contributed by atoms with Crippen molar-refractivity contribution in [2.24, 2.45) is 5.92 Å². The Kier molecular flexibility index (Phi) is 4.20. The van der Waals surface area contributed by atoms with Crippen molar-refractivity contribution in [1.29, 1.82) is 0 Å². The minimum atomic E-state index is -0.934. The summed E-state index contributed by atoms with van der Waals surface area (Å²) < 4.78 is 39.4. The molecule has 0 radical (unpaired) electrons. The van der Waals surface area contributed by atoms with Gasteiger partial charge >= 0.3 is 0 Å². The summed E-state index contributed by atoms with van der Waals surface area (Å²) in [5, 5.41) is 1.03. The summed E-state index contributed by atoms with van der Waals surface area (Å²) >= 11 is 0. The van der Waals surface area contributed by atoms with Crippen LogP contribution in [0.2, 0.25) is 0 Å². The van der Waals surface area contributed by atoms with Crippen LogP contribution in [0.1, 0.15) is 35.4 Å². The van der Waals surface area contributed by atoms with Crippen molar-refractivity contribution in [2.45, 2.75) is 24.5 Å². The van der Waals surface area contributed by atoms with Crippen LogP contribution >= 0.6 is 0 Å². The van der Waals surface area contributed by atoms with E-state index in [0.29, 0.717) is 17.2 Å². The van der Waals surface area contributed by atoms with Crippen molar-refractivity contribution in [3.8, 4) is 0 Å². The zero-order chi connectivity index (χ0) is 17.6. The number of rotatable bonds is 5. The number of H-pyrrole nitrogens is 1. The van der Waals surface area contributed by atoms with E-state index in [1.165, 1.54) is 6.07 Å². The van der Waals surface area contributed by atoms with E-state index in [0.717, 1.165) is 40.9 Å². The van der Waals surface area contributed by atoms with Gasteiger partial charge in [-0.05, 0) is 41.5 Å². The second kappa shape index (κ2) is 6.37. The zero-order valence-electron chi connectivity index (χ0n) is 13.9. The van der Waals surface area contributed by atoms with E-state index in [-0.39, 0.29) is 5.92 Å². The number of hydrogen-bond donors (Lipinski definition) is 1. The molecule has 1 aliphatic rings. The third-order valence-electron chi connectivity index (χ3n) is 4.92. The maximum Gasteiger partial charge on any atom is 0.129 e. The molecule has 130 valence electrons. The Morgan fingerprint density at radius 2 is 2.00 bits per heavy atom. The molecular formula is C20H19F2NOS. The monoisotopic (exact) mass is 359 g/mol. The minimum absolute atomic E-state index is 0.0864. The molecule has 0 amide bonds. The fraction of sp³-hybridized carbons (Fsp3) is 0.300. The van der Waals surface area contributed by atoms with E-state index in [4.69, 9.17) is 0 Å². The quantitative estimate of drug-likeness (QED) is 0.693. The molecule has 1 saturated carbocycles. The number of aromatic nitrogens is 1. The van der Waals surface area contributed by atoms with Gasteiger partial charge in [-0.2, -0.15) is 0 Å². The fourth-order valence-electron chi connectivity index (χ4n) is 3.69. The molecule has 0 aliphatic heterocycles. The molecule has 1 heterocycles. The Balaban J connectivity index is 1.85. The second-order valence-corrected chi connectivity index (χ2v) is 8.22. The van der Waals surface area contributed by atoms with Gasteiger partial charge < -0.3 is 4.98 Å². The van der Waals surface area contributed by atoms with Crippen molar-refractivity contribution >= 4 is 21.7 Å². The van der Waals surface area contributed by atoms with E-state index in [1.807, 2.05) is 24.4 Å². The first-order valence-corrected chi connectivity index (χ1v) is 10.1. The standard InChI is InChI=1S/C20H19F2NOS/c1-25(24)11-13-3-2-4-15-17(10-23-20(13)15)19(12-5-6-12)16-8-7-14(21)9-18(16)22/h2-4,7-10,12,19,23H,5-6,11H2,1H3. The first-order valence-electron chi connectivity index (χ1n) is 8.38. The van der Waals surface area contributed by atoms with Gasteiger partial charge in [-0.1, -0.05) is 24.3 Å². The number of benzene rings is 2. The van der Waals surface area contributed by atoms with Gasteiger partial charge in [-0.3, -0.25) is 4.21 Å². The van der Waals surface area contributed by atoms with Crippen LogP contribution in [0.5, 0.6) is 0 Å². The van der Waals surface area contributed by atoms with Crippen LogP contribution in [0.4, 0.5) is 8.78 Å². The highest BCUT2D eigenvalue weighted by molar-refractivity contribution is 7.83. The maximum atomic E-state index is 14.4. The Hall–Kier alpha value is -2.01. The summed E-state index contributed by atoms with van der Waals surface area (Å²) in [7, 11) is -0.934. The number of fused-ring (bicyclic) bond motifs is 1. The normalized spacial score (nSPS) is 16.9. The molecule has 5 heteroatoms. The SMILES string of the molecule is CS(=O)Cc1cccc2c(C(c3ccc(F)cc3F)C3CC3)c[nH]c12. The van der Waals surface area contributed by atoms with Gasteiger partial charge in [0, 0.05) is 46.1 Å². The van der Waals surface area contributed by atoms with Crippen LogP contribution in [0, 0.1) is 17.6 Å². The van der Waals surface area contributed by atoms with Crippen LogP contribution in [0.15, 0.2) is 42.6 Å². The number of nitrogens with one attached hydrogen (secondary N) is 1. The van der Waals surface area contributed by atoms with E-state index < -0.39 is 22.4 Å². The lowest BCUT2D eigenvalue weighted by atomic mass is 9.86. The first kappa shape index (κ1) is 16.5. The topological polar surface area (TPSA) is 32.9 Å². The van der Waals surface area contributed by atoms with Gasteiger partial charge in [-0.15, -0.1) is 0 Å². The maximum absolute atomic E-state index is 14.4. The van der Waals surface area contributed by atoms with Gasteiger partial charge in [0.2, 0.25) is 0 Å². The largest absolute Gasteiger partial charge is 0.361 e. The number of aromatic amines is 1. The molecule has 4 rings (SSSR count). The summed E-state index contributed by atoms with van der Waals surface area (Å²) in [6.07, 6.45) is 5.71. The number of hydrogen-bond acceptors (Lipinski definition) is 1. The van der Waals surface area contributed by atoms with E-state index in [9.17, 15) is 13.0 Å². The second-order valence-electron chi connectivity index (χ2n) is 6.78. The summed E-state index contributed by atoms with van der Waals surface area (Å²) in [5.41, 5.74) is 3.54. The molecule has 2 nitrogen and oxygen atoms in total. The molecule has 25 heavy (non-hydrogen) atoms. The van der Waals surface area contributed by atoms with E-state index in [1.54, 1.807) is 12.3 Å². The molecule has 0 spiro atoms. The fourth-order valence-corrected chi connectivity index (χ4v) is 4.37. The molecule has 2 aromatic carbocycles. The average molecular weight is 359 g/mol. The highest BCUT2D eigenvalue weighted by Gasteiger charge is 2.36. The molecular weight excluding hydrogens is 340 g/mol. The molecule has 0 saturated heterocycles. The average Bonchev–Trinajstić information content (AvgIpc) is 3.29. The lowest BCUT2D eigenvalue weighted by Gasteiger charge is -2.17. The van der Waals surface area contributed by atoms with Crippen LogP contribution in [-0.2, 0) is 16.6 Å². The summed E-state index contributed by atoms with van der Waals surface area (Å²) in [6, 6.07) is 9.79. The van der Waals surface area contributed by atoms with Gasteiger partial charge in [0.05, 0.1) is 5.75 Å². The molecule has 1 aromatic heterocycles. The lowest BCUT2D eigenvalue weighted by molar-refractivity contribution is 0.554. The third-order valence-corrected chi connectivity index (χ3v) is 5.64. The van der Waals surface area contributed by atoms with Crippen LogP contribution in [0.25, 0.3) is 10.9 Å². The summed E-state index contributed by atoms with van der Waals surface area (Å²) in [5.74, 6) is -0.268. The van der Waals surface area contributed by atoms with Crippen LogP contribution in [0.3, 0.4) is 0 Å². The van der Waals surface area contributed by atoms with Crippen molar-refractivity contribution in [3.63, 3.8) is 0 Å². The Labute approximate surface area is 147 Å². The van der Waals surface area contributed by atoms with Gasteiger partial charge in [0.15, 0.2) is 0 Å². The van der Waals surface area contributed by atoms with Crippen molar-refractivity contribution < 1.29 is 13.0 Å². The van der Waals surface area contributed by atoms with Gasteiger partial charge in [0.25, 0.3) is 0 Å². The molecule has 0 bridgehead atoms. The predicted octanol–water partition coefficient (Wildman–Crippen LogP) is 4.87. The highest BCUT2D eigenvalue weighted by atomic mass is 32.2. The van der Waals surface area contributed by atoms with E-state index in [2.05, 4.69) is 4.98 Å². The smallest absolute Gasteiger partial charge is 0.129 e. The molecule has 2 unspecified atom stereocenters. The number of para-hydroxylation sites is 1. The van der Waals surface area contributed by atoms with E-state index >= 15 is 0 Å². The Morgan fingerprint density at radius 3 is 2.68 bits per heavy atom. The highest BCUT2D eigenvalue weighted by Crippen LogP contribution is 2.48. The molecule has 3 aromatic rings. The van der Waals surface area contributed by atoms with Crippen molar-refractivity contribution in [1.82, 2.24) is 4.98 Å². The Morgan fingerprint density at radius 1 is 1.20 bits per heavy atom. The molecule has 1 fully saturated rings. The Bertz CT molecular complexity index is 961. The first-order chi connectivity index (χ1) is 12.0. The molecule has 2 atom stereocenters. The van der Waals surface area contributed by atoms with Gasteiger partial charge in [0.1, 0.15) is 11.6 Å². The third kappa shape index (κ3) is 3.13. The summed E-state index contributed by atoms with van der Waals surface area (Å²) in [6.45, 7) is 0. The summed E-state index contributed by atoms with van der Waals surface area (Å²) in [4.78, 5) is 3.29. The van der Waals surface area contributed by atoms with Crippen molar-refractivity contribution in [2.75, 3.05) is 6.26 Å². The molecule has 1 N–H and O–H groups in total. The number of halogens is 2. The van der Waals surface area contributed by atoms with Crippen LogP contribution < -0.4 is 0 Å². The zero-order valence-corrected chi connectivity index (χ0v) is 14.7. The lowest BCUT2D eigenvalue weighted by Crippen LogP contribution is -2.06. The van der Waals surface area contributed by atoms with Crippen LogP contribution in [-0.4, -0.2) is 15.4 Å². The molecule has 1 aliphatic carbocycles. The van der Waals surface area contributed by atoms with Crippen molar-refractivity contribution in [3.05, 3.63) is 70.9 Å². The van der Waals surface area contributed by atoms with Gasteiger partial charge in [-0.25, -0.2) is 8.78 Å². The predicted molar refractivity (Wildman–Crippen MR) is 97.0 cm³/mol.